The Morgan fingerprint density at radius 3 is 2.86 bits per heavy atom. The Kier molecular flexibility index (Phi) is 3.72. The minimum Gasteiger partial charge on any atom is -0.395 e. The summed E-state index contributed by atoms with van der Waals surface area (Å²) >= 11 is 0. The van der Waals surface area contributed by atoms with Crippen molar-refractivity contribution in [3.63, 3.8) is 0 Å². The van der Waals surface area contributed by atoms with Crippen LogP contribution >= 0.6 is 0 Å². The van der Waals surface area contributed by atoms with Crippen LogP contribution in [-0.2, 0) is 0 Å². The zero-order valence-corrected chi connectivity index (χ0v) is 11.6. The van der Waals surface area contributed by atoms with Gasteiger partial charge in [0.2, 0.25) is 0 Å². The summed E-state index contributed by atoms with van der Waals surface area (Å²) < 4.78 is 0. The molecule has 1 heterocycles. The van der Waals surface area contributed by atoms with Crippen LogP contribution in [0.2, 0.25) is 0 Å². The lowest BCUT2D eigenvalue weighted by Gasteiger charge is -2.22. The molecule has 6 heteroatoms. The maximum absolute atomic E-state index is 12.8. The summed E-state index contributed by atoms with van der Waals surface area (Å²) in [6, 6.07) is 9.38. The summed E-state index contributed by atoms with van der Waals surface area (Å²) in [5, 5.41) is 9.98. The monoisotopic (exact) mass is 286 g/mol. The van der Waals surface area contributed by atoms with Gasteiger partial charge in [-0.2, -0.15) is 0 Å². The van der Waals surface area contributed by atoms with Gasteiger partial charge in [-0.25, -0.2) is 10.8 Å². The number of anilines is 1. The molecule has 1 aliphatic rings. The highest BCUT2D eigenvalue weighted by molar-refractivity contribution is 6.07. The van der Waals surface area contributed by atoms with Crippen LogP contribution in [0.1, 0.15) is 23.2 Å². The number of fused-ring (bicyclic) bond motifs is 1. The second-order valence-electron chi connectivity index (χ2n) is 5.17. The van der Waals surface area contributed by atoms with Gasteiger partial charge in [0, 0.05) is 18.0 Å². The largest absolute Gasteiger partial charge is 0.395 e. The number of aliphatic hydroxyl groups excluding tert-OH is 1. The van der Waals surface area contributed by atoms with E-state index in [1.807, 2.05) is 24.3 Å². The van der Waals surface area contributed by atoms with Crippen molar-refractivity contribution in [2.24, 2.45) is 5.84 Å². The van der Waals surface area contributed by atoms with Crippen LogP contribution < -0.4 is 11.3 Å². The van der Waals surface area contributed by atoms with E-state index in [1.165, 1.54) is 0 Å². The minimum atomic E-state index is -0.0818. The number of pyridine rings is 1. The molecule has 0 aliphatic heterocycles. The second-order valence-corrected chi connectivity index (χ2v) is 5.17. The topological polar surface area (TPSA) is 91.5 Å². The van der Waals surface area contributed by atoms with Crippen LogP contribution in [0.3, 0.4) is 0 Å². The molecule has 1 aromatic carbocycles. The molecule has 110 valence electrons. The van der Waals surface area contributed by atoms with Gasteiger partial charge in [-0.1, -0.05) is 18.2 Å². The number of para-hydroxylation sites is 1. The van der Waals surface area contributed by atoms with Gasteiger partial charge >= 0.3 is 0 Å². The second kappa shape index (κ2) is 5.67. The number of nitrogens with one attached hydrogen (secondary N) is 1. The zero-order valence-electron chi connectivity index (χ0n) is 11.6. The first-order chi connectivity index (χ1) is 10.2. The first-order valence-corrected chi connectivity index (χ1v) is 7.03. The predicted molar refractivity (Wildman–Crippen MR) is 80.7 cm³/mol. The van der Waals surface area contributed by atoms with Gasteiger partial charge in [-0.15, -0.1) is 0 Å². The molecule has 4 N–H and O–H groups in total. The number of rotatable bonds is 5. The fourth-order valence-corrected chi connectivity index (χ4v) is 2.52. The molecule has 1 amide bonds. The number of hydrazine groups is 1. The van der Waals surface area contributed by atoms with Crippen LogP contribution in [0.15, 0.2) is 30.3 Å². The summed E-state index contributed by atoms with van der Waals surface area (Å²) in [6.07, 6.45) is 1.99. The number of aromatic nitrogens is 1. The van der Waals surface area contributed by atoms with E-state index in [1.54, 1.807) is 11.0 Å². The molecule has 2 aromatic rings. The normalized spacial score (nSPS) is 14.2. The lowest BCUT2D eigenvalue weighted by Crippen LogP contribution is -2.35. The van der Waals surface area contributed by atoms with Crippen molar-refractivity contribution >= 4 is 22.6 Å². The van der Waals surface area contributed by atoms with Gasteiger partial charge in [0.15, 0.2) is 0 Å². The number of benzene rings is 1. The van der Waals surface area contributed by atoms with Crippen molar-refractivity contribution in [3.8, 4) is 0 Å². The van der Waals surface area contributed by atoms with Crippen molar-refractivity contribution in [2.45, 2.75) is 18.9 Å². The molecule has 0 radical (unpaired) electrons. The fourth-order valence-electron chi connectivity index (χ4n) is 2.52. The van der Waals surface area contributed by atoms with Crippen LogP contribution in [0, 0.1) is 0 Å². The summed E-state index contributed by atoms with van der Waals surface area (Å²) in [5.41, 5.74) is 3.78. The molecule has 21 heavy (non-hydrogen) atoms. The summed E-state index contributed by atoms with van der Waals surface area (Å²) in [5.74, 6) is 5.81. The van der Waals surface area contributed by atoms with E-state index >= 15 is 0 Å². The van der Waals surface area contributed by atoms with E-state index in [4.69, 9.17) is 5.84 Å². The smallest absolute Gasteiger partial charge is 0.255 e. The van der Waals surface area contributed by atoms with Crippen LogP contribution in [0.5, 0.6) is 0 Å². The number of hydrogen-bond donors (Lipinski definition) is 3. The number of nitrogens with zero attached hydrogens (tertiary/aromatic N) is 2. The molecule has 6 nitrogen and oxygen atoms in total. The molecule has 0 saturated heterocycles. The third-order valence-corrected chi connectivity index (χ3v) is 3.68. The fraction of sp³-hybridized carbons (Fsp3) is 0.333. The average Bonchev–Trinajstić information content (AvgIpc) is 3.35. The third-order valence-electron chi connectivity index (χ3n) is 3.68. The highest BCUT2D eigenvalue weighted by Crippen LogP contribution is 2.30. The highest BCUT2D eigenvalue weighted by Gasteiger charge is 2.33. The van der Waals surface area contributed by atoms with E-state index in [0.717, 1.165) is 23.7 Å². The van der Waals surface area contributed by atoms with E-state index < -0.39 is 0 Å². The molecule has 1 saturated carbocycles. The van der Waals surface area contributed by atoms with Crippen molar-refractivity contribution in [1.82, 2.24) is 9.88 Å². The number of carbonyl (C=O) groups is 1. The quantitative estimate of drug-likeness (QED) is 0.566. The Hall–Kier alpha value is -2.18. The first kappa shape index (κ1) is 13.8. The molecule has 0 bridgehead atoms. The molecular weight excluding hydrogens is 268 g/mol. The molecule has 3 rings (SSSR count). The number of aliphatic hydroxyl groups is 1. The Bertz CT molecular complexity index is 670. The molecule has 0 unspecified atom stereocenters. The predicted octanol–water partition coefficient (Wildman–Crippen LogP) is 1.12. The number of carbonyl (C=O) groups excluding carboxylic acids is 1. The molecule has 0 spiro atoms. The average molecular weight is 286 g/mol. The van der Waals surface area contributed by atoms with Gasteiger partial charge in [-0.3, -0.25) is 4.79 Å². The standard InChI is InChI=1S/C15H18N4O2/c16-18-14-9-12(11-3-1-2-4-13(11)17-14)15(21)19(7-8-20)10-5-6-10/h1-4,9-10,20H,5-8,16H2,(H,17,18). The Labute approximate surface area is 122 Å². The third kappa shape index (κ3) is 2.68. The van der Waals surface area contributed by atoms with Crippen molar-refractivity contribution < 1.29 is 9.90 Å². The van der Waals surface area contributed by atoms with E-state index in [2.05, 4.69) is 10.4 Å². The highest BCUT2D eigenvalue weighted by atomic mass is 16.3. The lowest BCUT2D eigenvalue weighted by atomic mass is 10.1. The number of nitrogen functional groups attached to an aromatic ring is 1. The summed E-state index contributed by atoms with van der Waals surface area (Å²) in [6.45, 7) is 0.318. The lowest BCUT2D eigenvalue weighted by molar-refractivity contribution is 0.0709. The molecule has 1 fully saturated rings. The van der Waals surface area contributed by atoms with E-state index in [9.17, 15) is 9.90 Å². The van der Waals surface area contributed by atoms with Crippen LogP contribution in [0.25, 0.3) is 10.9 Å². The minimum absolute atomic E-state index is 0.0345. The summed E-state index contributed by atoms with van der Waals surface area (Å²) in [7, 11) is 0. The Morgan fingerprint density at radius 2 is 2.19 bits per heavy atom. The molecule has 1 aliphatic carbocycles. The number of nitrogens with two attached hydrogens (primary N) is 1. The first-order valence-electron chi connectivity index (χ1n) is 7.03. The van der Waals surface area contributed by atoms with Gasteiger partial charge in [0.1, 0.15) is 5.82 Å². The molecule has 1 aromatic heterocycles. The maximum Gasteiger partial charge on any atom is 0.255 e. The zero-order chi connectivity index (χ0) is 14.8. The number of amides is 1. The SMILES string of the molecule is NNc1cc(C(=O)N(CCO)C2CC2)c2ccccc2n1. The maximum atomic E-state index is 12.8. The Morgan fingerprint density at radius 1 is 1.43 bits per heavy atom. The molecule has 0 atom stereocenters. The van der Waals surface area contributed by atoms with Gasteiger partial charge in [-0.05, 0) is 25.0 Å². The van der Waals surface area contributed by atoms with Crippen molar-refractivity contribution in [3.05, 3.63) is 35.9 Å². The van der Waals surface area contributed by atoms with Gasteiger partial charge < -0.3 is 15.4 Å². The van der Waals surface area contributed by atoms with Gasteiger partial charge in [0.25, 0.3) is 5.91 Å². The van der Waals surface area contributed by atoms with Crippen molar-refractivity contribution in [1.29, 1.82) is 0 Å². The molecular formula is C15H18N4O2. The van der Waals surface area contributed by atoms with Crippen LogP contribution in [-0.4, -0.2) is 40.1 Å². The summed E-state index contributed by atoms with van der Waals surface area (Å²) in [4.78, 5) is 18.9. The van der Waals surface area contributed by atoms with E-state index in [-0.39, 0.29) is 18.6 Å². The van der Waals surface area contributed by atoms with Gasteiger partial charge in [0.05, 0.1) is 17.7 Å². The van der Waals surface area contributed by atoms with E-state index in [0.29, 0.717) is 17.9 Å². The Balaban J connectivity index is 2.07. The van der Waals surface area contributed by atoms with Crippen LogP contribution in [0.4, 0.5) is 5.82 Å². The number of hydrogen-bond acceptors (Lipinski definition) is 5. The van der Waals surface area contributed by atoms with Crippen molar-refractivity contribution in [2.75, 3.05) is 18.6 Å².